The summed E-state index contributed by atoms with van der Waals surface area (Å²) in [5, 5.41) is 5.76. The Hall–Kier alpha value is -0.910. The minimum absolute atomic E-state index is 0.0228. The van der Waals surface area contributed by atoms with Crippen LogP contribution in [0.5, 0.6) is 0 Å². The first kappa shape index (κ1) is 10.3. The maximum atomic E-state index is 12.0. The molecular formula is C10H14N2O3S. The summed E-state index contributed by atoms with van der Waals surface area (Å²) in [7, 11) is -2.94. The van der Waals surface area contributed by atoms with Crippen molar-refractivity contribution in [2.24, 2.45) is 11.0 Å². The van der Waals surface area contributed by atoms with Crippen LogP contribution < -0.4 is 0 Å². The first-order valence-electron chi connectivity index (χ1n) is 5.68. The zero-order valence-corrected chi connectivity index (χ0v) is 9.74. The molecular weight excluding hydrogens is 228 g/mol. The molecule has 0 bridgehead atoms. The molecule has 0 radical (unpaired) electrons. The SMILES string of the molecule is O=C1C2CCCC2=NN1C1CCS(=O)(=O)C1. The van der Waals surface area contributed by atoms with Crippen molar-refractivity contribution in [3.8, 4) is 0 Å². The van der Waals surface area contributed by atoms with E-state index >= 15 is 0 Å². The Balaban J connectivity index is 1.83. The van der Waals surface area contributed by atoms with Gasteiger partial charge in [-0.1, -0.05) is 0 Å². The summed E-state index contributed by atoms with van der Waals surface area (Å²) in [6.45, 7) is 0. The second kappa shape index (κ2) is 3.29. The number of rotatable bonds is 1. The molecule has 0 aromatic rings. The summed E-state index contributed by atoms with van der Waals surface area (Å²) in [6, 6.07) is -0.212. The van der Waals surface area contributed by atoms with Crippen molar-refractivity contribution in [3.63, 3.8) is 0 Å². The van der Waals surface area contributed by atoms with Crippen LogP contribution in [0, 0.1) is 5.92 Å². The Bertz CT molecular complexity index is 468. The van der Waals surface area contributed by atoms with E-state index in [0.29, 0.717) is 6.42 Å². The highest BCUT2D eigenvalue weighted by Gasteiger charge is 2.44. The molecule has 3 rings (SSSR count). The molecule has 2 heterocycles. The van der Waals surface area contributed by atoms with Crippen LogP contribution in [0.15, 0.2) is 5.10 Å². The Morgan fingerprint density at radius 1 is 1.31 bits per heavy atom. The maximum Gasteiger partial charge on any atom is 0.251 e. The minimum Gasteiger partial charge on any atom is -0.272 e. The second-order valence-electron chi connectivity index (χ2n) is 4.78. The third-order valence-corrected chi connectivity index (χ3v) is 5.39. The Morgan fingerprint density at radius 3 is 2.75 bits per heavy atom. The first-order valence-corrected chi connectivity index (χ1v) is 7.50. The lowest BCUT2D eigenvalue weighted by Gasteiger charge is -2.19. The van der Waals surface area contributed by atoms with E-state index in [1.54, 1.807) is 0 Å². The number of carbonyl (C=O) groups is 1. The van der Waals surface area contributed by atoms with Gasteiger partial charge in [0.25, 0.3) is 5.91 Å². The summed E-state index contributed by atoms with van der Waals surface area (Å²) in [4.78, 5) is 12.0. The number of sulfone groups is 1. The van der Waals surface area contributed by atoms with E-state index in [1.807, 2.05) is 0 Å². The highest BCUT2D eigenvalue weighted by molar-refractivity contribution is 7.91. The Kier molecular flexibility index (Phi) is 2.11. The van der Waals surface area contributed by atoms with E-state index in [9.17, 15) is 13.2 Å². The third kappa shape index (κ3) is 1.47. The molecule has 2 atom stereocenters. The molecule has 16 heavy (non-hydrogen) atoms. The van der Waals surface area contributed by atoms with Gasteiger partial charge in [0.1, 0.15) is 0 Å². The van der Waals surface area contributed by atoms with Crippen LogP contribution in [0.1, 0.15) is 25.7 Å². The lowest BCUT2D eigenvalue weighted by atomic mass is 10.1. The monoisotopic (exact) mass is 242 g/mol. The molecule has 2 aliphatic heterocycles. The van der Waals surface area contributed by atoms with Gasteiger partial charge in [0.15, 0.2) is 9.84 Å². The molecule has 0 N–H and O–H groups in total. The summed E-state index contributed by atoms with van der Waals surface area (Å²) >= 11 is 0. The predicted molar refractivity (Wildman–Crippen MR) is 58.7 cm³/mol. The smallest absolute Gasteiger partial charge is 0.251 e. The van der Waals surface area contributed by atoms with Crippen molar-refractivity contribution in [2.75, 3.05) is 11.5 Å². The van der Waals surface area contributed by atoms with Crippen molar-refractivity contribution < 1.29 is 13.2 Å². The standard InChI is InChI=1S/C10H14N2O3S/c13-10-8-2-1-3-9(8)11-12(10)7-4-5-16(14,15)6-7/h7-8H,1-6H2. The van der Waals surface area contributed by atoms with Crippen molar-refractivity contribution in [2.45, 2.75) is 31.7 Å². The highest BCUT2D eigenvalue weighted by atomic mass is 32.2. The molecule has 2 unspecified atom stereocenters. The molecule has 0 spiro atoms. The van der Waals surface area contributed by atoms with Crippen LogP contribution in [0.4, 0.5) is 0 Å². The summed E-state index contributed by atoms with van der Waals surface area (Å²) in [5.74, 6) is 0.261. The van der Waals surface area contributed by atoms with E-state index in [-0.39, 0.29) is 29.4 Å². The zero-order valence-electron chi connectivity index (χ0n) is 8.92. The van der Waals surface area contributed by atoms with Crippen molar-refractivity contribution in [3.05, 3.63) is 0 Å². The lowest BCUT2D eigenvalue weighted by Crippen LogP contribution is -2.36. The second-order valence-corrected chi connectivity index (χ2v) is 7.00. The van der Waals surface area contributed by atoms with Gasteiger partial charge in [-0.3, -0.25) is 4.79 Å². The van der Waals surface area contributed by atoms with E-state index in [4.69, 9.17) is 0 Å². The third-order valence-electron chi connectivity index (χ3n) is 3.64. The molecule has 1 saturated heterocycles. The van der Waals surface area contributed by atoms with Crippen LogP contribution >= 0.6 is 0 Å². The fraction of sp³-hybridized carbons (Fsp3) is 0.800. The number of amides is 1. The fourth-order valence-corrected chi connectivity index (χ4v) is 4.48. The van der Waals surface area contributed by atoms with Gasteiger partial charge in [-0.15, -0.1) is 0 Å². The van der Waals surface area contributed by atoms with E-state index in [0.717, 1.165) is 25.0 Å². The number of nitrogens with zero attached hydrogens (tertiary/aromatic N) is 2. The van der Waals surface area contributed by atoms with Gasteiger partial charge < -0.3 is 0 Å². The van der Waals surface area contributed by atoms with Gasteiger partial charge in [-0.25, -0.2) is 13.4 Å². The normalized spacial score (nSPS) is 36.6. The molecule has 1 aliphatic carbocycles. The van der Waals surface area contributed by atoms with Gasteiger partial charge in [0, 0.05) is 0 Å². The van der Waals surface area contributed by atoms with Crippen LogP contribution in [-0.4, -0.2) is 42.6 Å². The van der Waals surface area contributed by atoms with Gasteiger partial charge in [-0.2, -0.15) is 5.10 Å². The van der Waals surface area contributed by atoms with Crippen LogP contribution in [0.25, 0.3) is 0 Å². The molecule has 1 amide bonds. The molecule has 1 saturated carbocycles. The van der Waals surface area contributed by atoms with Crippen LogP contribution in [-0.2, 0) is 14.6 Å². The van der Waals surface area contributed by atoms with Crippen molar-refractivity contribution in [1.82, 2.24) is 5.01 Å². The minimum atomic E-state index is -2.94. The largest absolute Gasteiger partial charge is 0.272 e. The topological polar surface area (TPSA) is 66.8 Å². The number of hydrogen-bond acceptors (Lipinski definition) is 4. The van der Waals surface area contributed by atoms with Crippen LogP contribution in [0.3, 0.4) is 0 Å². The van der Waals surface area contributed by atoms with Gasteiger partial charge in [-0.05, 0) is 25.7 Å². The lowest BCUT2D eigenvalue weighted by molar-refractivity contribution is -0.133. The van der Waals surface area contributed by atoms with E-state index < -0.39 is 9.84 Å². The highest BCUT2D eigenvalue weighted by Crippen LogP contribution is 2.33. The quantitative estimate of drug-likeness (QED) is 0.658. The maximum absolute atomic E-state index is 12.0. The number of hydrogen-bond donors (Lipinski definition) is 0. The van der Waals surface area contributed by atoms with Gasteiger partial charge in [0.2, 0.25) is 0 Å². The number of fused-ring (bicyclic) bond motifs is 1. The fourth-order valence-electron chi connectivity index (χ4n) is 2.79. The van der Waals surface area contributed by atoms with Crippen molar-refractivity contribution >= 4 is 21.5 Å². The molecule has 0 aromatic heterocycles. The molecule has 5 nitrogen and oxygen atoms in total. The summed E-state index contributed by atoms with van der Waals surface area (Å²) in [6.07, 6.45) is 3.35. The molecule has 0 aromatic carbocycles. The first-order chi connectivity index (χ1) is 7.57. The zero-order chi connectivity index (χ0) is 11.3. The molecule has 6 heteroatoms. The average molecular weight is 242 g/mol. The average Bonchev–Trinajstić information content (AvgIpc) is 2.84. The number of carbonyl (C=O) groups excluding carboxylic acids is 1. The summed E-state index contributed by atoms with van der Waals surface area (Å²) < 4.78 is 22.7. The van der Waals surface area contributed by atoms with Crippen LogP contribution in [0.2, 0.25) is 0 Å². The predicted octanol–water partition coefficient (Wildman–Crippen LogP) is 0.172. The Morgan fingerprint density at radius 2 is 2.12 bits per heavy atom. The summed E-state index contributed by atoms with van der Waals surface area (Å²) in [5.41, 5.74) is 0.967. The van der Waals surface area contributed by atoms with Gasteiger partial charge >= 0.3 is 0 Å². The van der Waals surface area contributed by atoms with Gasteiger partial charge in [0.05, 0.1) is 29.2 Å². The number of hydrazone groups is 1. The molecule has 88 valence electrons. The Labute approximate surface area is 94.4 Å². The van der Waals surface area contributed by atoms with E-state index in [1.165, 1.54) is 5.01 Å². The molecule has 2 fully saturated rings. The van der Waals surface area contributed by atoms with Crippen molar-refractivity contribution in [1.29, 1.82) is 0 Å². The molecule has 3 aliphatic rings. The van der Waals surface area contributed by atoms with E-state index in [2.05, 4.69) is 5.10 Å².